The molecule has 1 aliphatic carbocycles. The summed E-state index contributed by atoms with van der Waals surface area (Å²) in [6.07, 6.45) is -13.7. The van der Waals surface area contributed by atoms with Gasteiger partial charge in [-0.1, -0.05) is 60.7 Å². The highest BCUT2D eigenvalue weighted by molar-refractivity contribution is 7.47. The van der Waals surface area contributed by atoms with Crippen LogP contribution in [-0.4, -0.2) is 96.5 Å². The normalized spacial score (nSPS) is 28.4. The lowest BCUT2D eigenvalue weighted by Crippen LogP contribution is -2.81. The number of phosphoric ester groups is 4. The lowest BCUT2D eigenvalue weighted by atomic mass is 9.63. The van der Waals surface area contributed by atoms with E-state index in [2.05, 4.69) is 18.1 Å². The Bertz CT molecular complexity index is 1380. The molecule has 3 rings (SSSR count). The number of phosphoric acid groups is 4. The van der Waals surface area contributed by atoms with Gasteiger partial charge in [0.2, 0.25) is 0 Å². The second-order valence-corrected chi connectivity index (χ2v) is 13.9. The summed E-state index contributed by atoms with van der Waals surface area (Å²) in [5, 5.41) is 23.8. The van der Waals surface area contributed by atoms with Crippen LogP contribution in [0.25, 0.3) is 0 Å². The summed E-state index contributed by atoms with van der Waals surface area (Å²) >= 11 is 0. The second kappa shape index (κ2) is 12.7. The van der Waals surface area contributed by atoms with Crippen LogP contribution in [0.4, 0.5) is 0 Å². The van der Waals surface area contributed by atoms with Crippen LogP contribution in [0, 0.1) is 0 Å². The molecule has 2 aromatic rings. The largest absolute Gasteiger partial charge is 0.470 e. The van der Waals surface area contributed by atoms with Crippen LogP contribution in [-0.2, 0) is 36.4 Å². The molecule has 0 unspecified atom stereocenters. The first-order valence-electron chi connectivity index (χ1n) is 11.5. The molecule has 44 heavy (non-hydrogen) atoms. The molecule has 0 bridgehead atoms. The Morgan fingerprint density at radius 1 is 0.477 bits per heavy atom. The number of ketones is 2. The smallest absolute Gasteiger partial charge is 0.376 e. The topological polar surface area (TPSA) is 342 Å². The monoisotopic (exact) mass is 708 g/mol. The lowest BCUT2D eigenvalue weighted by Gasteiger charge is -2.55. The van der Waals surface area contributed by atoms with E-state index in [1.807, 2.05) is 0 Å². The molecule has 1 fully saturated rings. The van der Waals surface area contributed by atoms with Crippen LogP contribution < -0.4 is 0 Å². The Labute approximate surface area is 245 Å². The van der Waals surface area contributed by atoms with Crippen molar-refractivity contribution in [1.29, 1.82) is 0 Å². The van der Waals surface area contributed by atoms with Gasteiger partial charge in [-0.3, -0.25) is 27.7 Å². The van der Waals surface area contributed by atoms with Crippen molar-refractivity contribution in [1.82, 2.24) is 0 Å². The molecule has 10 N–H and O–H groups in total. The fourth-order valence-electron chi connectivity index (χ4n) is 4.54. The second-order valence-electron chi connectivity index (χ2n) is 9.11. The maximum atomic E-state index is 13.8. The van der Waals surface area contributed by atoms with Crippen LogP contribution >= 0.6 is 31.3 Å². The zero-order valence-corrected chi connectivity index (χ0v) is 25.0. The van der Waals surface area contributed by atoms with E-state index in [0.717, 1.165) is 48.5 Å². The molecule has 244 valence electrons. The van der Waals surface area contributed by atoms with E-state index in [4.69, 9.17) is 0 Å². The number of carbonyl (C=O) groups excluding carboxylic acids is 2. The minimum absolute atomic E-state index is 0.696. The van der Waals surface area contributed by atoms with E-state index in [1.54, 1.807) is 0 Å². The molecule has 24 heteroatoms. The average molecular weight is 708 g/mol. The fraction of sp³-hybridized carbons (Fsp3) is 0.300. The highest BCUT2D eigenvalue weighted by Gasteiger charge is 2.76. The molecule has 20 nitrogen and oxygen atoms in total. The number of carbonyl (C=O) groups is 2. The first-order chi connectivity index (χ1) is 19.9. The van der Waals surface area contributed by atoms with E-state index in [0.29, 0.717) is 0 Å². The Hall–Kier alpha value is -1.86. The Morgan fingerprint density at radius 2 is 0.682 bits per heavy atom. The van der Waals surface area contributed by atoms with E-state index in [9.17, 15) is 77.2 Å². The summed E-state index contributed by atoms with van der Waals surface area (Å²) < 4.78 is 66.1. The number of hydrogen-bond acceptors (Lipinski definition) is 12. The van der Waals surface area contributed by atoms with Gasteiger partial charge in [-0.05, 0) is 0 Å². The van der Waals surface area contributed by atoms with Gasteiger partial charge in [-0.15, -0.1) is 0 Å². The molecule has 0 amide bonds. The van der Waals surface area contributed by atoms with E-state index < -0.39 is 89.6 Å². The molecule has 1 aliphatic rings. The standard InChI is InChI=1S/C20H24O20P4/c21-13(11-7-3-1-4-8-11)19(23)15(37-41(25,26)27)17(39-43(31,32)33)20(24,14(22)12-9-5-2-6-10-12)18(40-44(34,35)36)16(19)38-42(28,29)30/h1-10,15-18,23-24H,(H2,25,26,27)(H2,28,29,30)(H2,31,32,33)(H2,34,35,36)/t15-,16-,17-,18+,19+,20+/m1/s1. The predicted molar refractivity (Wildman–Crippen MR) is 139 cm³/mol. The molecular formula is C20H24O20P4. The molecule has 0 saturated heterocycles. The van der Waals surface area contributed by atoms with Crippen molar-refractivity contribution >= 4 is 42.9 Å². The van der Waals surface area contributed by atoms with Gasteiger partial charge in [0, 0.05) is 11.1 Å². The predicted octanol–water partition coefficient (Wildman–Crippen LogP) is -0.860. The van der Waals surface area contributed by atoms with Crippen molar-refractivity contribution in [3.05, 3.63) is 71.8 Å². The Balaban J connectivity index is 2.56. The van der Waals surface area contributed by atoms with Crippen LogP contribution in [0.2, 0.25) is 0 Å². The van der Waals surface area contributed by atoms with Crippen molar-refractivity contribution in [3.8, 4) is 0 Å². The average Bonchev–Trinajstić information content (AvgIpc) is 2.89. The molecule has 6 atom stereocenters. The van der Waals surface area contributed by atoms with Gasteiger partial charge >= 0.3 is 31.3 Å². The van der Waals surface area contributed by atoms with Crippen molar-refractivity contribution in [2.24, 2.45) is 0 Å². The van der Waals surface area contributed by atoms with E-state index in [-0.39, 0.29) is 0 Å². The zero-order valence-electron chi connectivity index (χ0n) is 21.4. The van der Waals surface area contributed by atoms with E-state index in [1.165, 1.54) is 12.1 Å². The minimum Gasteiger partial charge on any atom is -0.376 e. The molecule has 2 aromatic carbocycles. The van der Waals surface area contributed by atoms with Gasteiger partial charge in [0.1, 0.15) is 24.4 Å². The lowest BCUT2D eigenvalue weighted by molar-refractivity contribution is -0.256. The summed E-state index contributed by atoms with van der Waals surface area (Å²) in [7, 11) is -24.6. The quantitative estimate of drug-likeness (QED) is 0.0947. The van der Waals surface area contributed by atoms with Gasteiger partial charge in [0.25, 0.3) is 0 Å². The maximum absolute atomic E-state index is 13.8. The van der Waals surface area contributed by atoms with Crippen molar-refractivity contribution in [2.45, 2.75) is 35.6 Å². The number of benzene rings is 2. The third-order valence-corrected chi connectivity index (χ3v) is 8.09. The van der Waals surface area contributed by atoms with Gasteiger partial charge in [0.05, 0.1) is 0 Å². The highest BCUT2D eigenvalue weighted by Crippen LogP contribution is 2.58. The third kappa shape index (κ3) is 8.29. The van der Waals surface area contributed by atoms with Crippen molar-refractivity contribution < 1.29 is 95.3 Å². The van der Waals surface area contributed by atoms with Gasteiger partial charge in [0.15, 0.2) is 22.8 Å². The van der Waals surface area contributed by atoms with Crippen LogP contribution in [0.1, 0.15) is 20.7 Å². The summed E-state index contributed by atoms with van der Waals surface area (Å²) in [4.78, 5) is 105. The number of hydrogen-bond donors (Lipinski definition) is 10. The van der Waals surface area contributed by atoms with Crippen molar-refractivity contribution in [3.63, 3.8) is 0 Å². The summed E-state index contributed by atoms with van der Waals surface area (Å²) in [6.45, 7) is 0. The number of Topliss-reactive ketones (excluding diaryl/α,β-unsaturated/α-hetero) is 2. The Morgan fingerprint density at radius 3 is 0.864 bits per heavy atom. The van der Waals surface area contributed by atoms with Gasteiger partial charge in [-0.2, -0.15) is 0 Å². The summed E-state index contributed by atoms with van der Waals surface area (Å²) in [5.41, 5.74) is -9.71. The summed E-state index contributed by atoms with van der Waals surface area (Å²) in [6, 6.07) is 10.8. The minimum atomic E-state index is -6.16. The number of aliphatic hydroxyl groups is 2. The van der Waals surface area contributed by atoms with Gasteiger partial charge < -0.3 is 49.4 Å². The molecule has 0 heterocycles. The number of rotatable bonds is 12. The fourth-order valence-corrected chi connectivity index (χ4v) is 6.81. The SMILES string of the molecule is O=C(c1ccccc1)[C@]1(O)[C@H](OP(=O)(O)O)[C@@H](OP(=O)(O)O)[C@@](O)(C(=O)c2ccccc2)[C@@H](OP(=O)(O)O)[C@H]1OP(=O)(O)O. The molecule has 0 radical (unpaired) electrons. The maximum Gasteiger partial charge on any atom is 0.470 e. The van der Waals surface area contributed by atoms with Crippen molar-refractivity contribution in [2.75, 3.05) is 0 Å². The Kier molecular flexibility index (Phi) is 10.6. The summed E-state index contributed by atoms with van der Waals surface area (Å²) in [5.74, 6) is -3.80. The van der Waals surface area contributed by atoms with Crippen LogP contribution in [0.3, 0.4) is 0 Å². The molecule has 1 saturated carbocycles. The molecular weight excluding hydrogens is 684 g/mol. The molecule has 0 spiro atoms. The van der Waals surface area contributed by atoms with Crippen LogP contribution in [0.5, 0.6) is 0 Å². The van der Waals surface area contributed by atoms with Gasteiger partial charge in [-0.25, -0.2) is 18.3 Å². The molecule has 0 aliphatic heterocycles. The molecule has 0 aromatic heterocycles. The third-order valence-electron chi connectivity index (χ3n) is 6.09. The highest BCUT2D eigenvalue weighted by atomic mass is 31.2. The first-order valence-corrected chi connectivity index (χ1v) is 17.6. The first kappa shape index (κ1) is 36.6. The zero-order chi connectivity index (χ0) is 33.5. The van der Waals surface area contributed by atoms with E-state index >= 15 is 0 Å². The van der Waals surface area contributed by atoms with Crippen LogP contribution in [0.15, 0.2) is 60.7 Å².